The molecule has 1 fully saturated rings. The lowest BCUT2D eigenvalue weighted by atomic mass is 10.2. The summed E-state index contributed by atoms with van der Waals surface area (Å²) in [6, 6.07) is 14.1. The summed E-state index contributed by atoms with van der Waals surface area (Å²) in [6.45, 7) is 0.973. The van der Waals surface area contributed by atoms with Crippen LogP contribution in [0.3, 0.4) is 0 Å². The van der Waals surface area contributed by atoms with Gasteiger partial charge in [0, 0.05) is 0 Å². The zero-order valence-electron chi connectivity index (χ0n) is 13.4. The highest BCUT2D eigenvalue weighted by molar-refractivity contribution is 6.42. The first-order valence-electron chi connectivity index (χ1n) is 7.80. The van der Waals surface area contributed by atoms with Gasteiger partial charge in [-0.05, 0) is 29.8 Å². The van der Waals surface area contributed by atoms with Crippen LogP contribution < -0.4 is 4.48 Å². The van der Waals surface area contributed by atoms with Crippen LogP contribution in [0.15, 0.2) is 48.5 Å². The molecule has 0 aromatic heterocycles. The largest absolute Gasteiger partial charge is 0.477 e. The number of halogens is 2. The Morgan fingerprint density at radius 2 is 1.84 bits per heavy atom. The van der Waals surface area contributed by atoms with Crippen LogP contribution in [0.1, 0.15) is 5.56 Å². The molecule has 2 aromatic rings. The molecule has 0 saturated carbocycles. The number of urea groups is 1. The van der Waals surface area contributed by atoms with Gasteiger partial charge in [-0.15, -0.1) is 0 Å². The Bertz CT molecular complexity index is 813. The molecule has 2 amide bonds. The third kappa shape index (κ3) is 3.49. The maximum Gasteiger partial charge on any atom is 0.425 e. The van der Waals surface area contributed by atoms with E-state index in [4.69, 9.17) is 23.2 Å². The Hall–Kier alpha value is -2.08. The number of carboxylic acid groups (broad SMARTS) is 1. The number of quaternary nitrogens is 1. The second-order valence-corrected chi connectivity index (χ2v) is 6.85. The maximum atomic E-state index is 13.1. The molecular formula is C18H17Cl2N2O3+. The minimum atomic E-state index is -1.01. The topological polar surface area (TPSA) is 57.6 Å². The summed E-state index contributed by atoms with van der Waals surface area (Å²) in [7, 11) is 0. The van der Waals surface area contributed by atoms with Crippen LogP contribution in [0.5, 0.6) is 0 Å². The molecular weight excluding hydrogens is 363 g/mol. The predicted octanol–water partition coefficient (Wildman–Crippen LogP) is 4.02. The van der Waals surface area contributed by atoms with E-state index < -0.39 is 5.97 Å². The molecule has 1 saturated heterocycles. The van der Waals surface area contributed by atoms with Gasteiger partial charge < -0.3 is 5.11 Å². The standard InChI is InChI=1S/C18H16Cl2N2O3/c19-15-7-6-13(10-16(15)20)11-21-8-9-22(18(21)25,12-17(23)24)14-4-2-1-3-5-14/h1-7,10H,8-9,11-12H2/p+1. The number of carboxylic acids is 1. The van der Waals surface area contributed by atoms with Crippen molar-refractivity contribution in [1.82, 2.24) is 9.38 Å². The Balaban J connectivity index is 1.89. The molecule has 1 aliphatic rings. The van der Waals surface area contributed by atoms with Gasteiger partial charge in [-0.2, -0.15) is 4.48 Å². The fraction of sp³-hybridized carbons (Fsp3) is 0.222. The third-order valence-electron chi connectivity index (χ3n) is 4.40. The van der Waals surface area contributed by atoms with Gasteiger partial charge in [-0.1, -0.05) is 47.5 Å². The van der Waals surface area contributed by atoms with Gasteiger partial charge in [0.15, 0.2) is 6.54 Å². The maximum absolute atomic E-state index is 13.1. The van der Waals surface area contributed by atoms with Crippen molar-refractivity contribution in [3.8, 4) is 0 Å². The van der Waals surface area contributed by atoms with Crippen LogP contribution in [-0.4, -0.2) is 41.6 Å². The summed E-state index contributed by atoms with van der Waals surface area (Å²) in [5, 5.41) is 10.2. The lowest BCUT2D eigenvalue weighted by Crippen LogP contribution is -2.55. The van der Waals surface area contributed by atoms with Gasteiger partial charge in [0.25, 0.3) is 0 Å². The highest BCUT2D eigenvalue weighted by Crippen LogP contribution is 2.31. The second kappa shape index (κ2) is 7.04. The number of hydrogen-bond donors (Lipinski definition) is 1. The quantitative estimate of drug-likeness (QED) is 0.798. The van der Waals surface area contributed by atoms with Crippen molar-refractivity contribution in [2.24, 2.45) is 0 Å². The van der Waals surface area contributed by atoms with Crippen LogP contribution in [0.2, 0.25) is 10.0 Å². The molecule has 0 aliphatic carbocycles. The number of nitrogens with zero attached hydrogens (tertiary/aromatic N) is 2. The van der Waals surface area contributed by atoms with E-state index in [1.165, 1.54) is 0 Å². The number of amides is 2. The van der Waals surface area contributed by atoms with Crippen LogP contribution >= 0.6 is 23.2 Å². The van der Waals surface area contributed by atoms with Gasteiger partial charge in [-0.25, -0.2) is 9.59 Å². The van der Waals surface area contributed by atoms with Crippen molar-refractivity contribution in [2.45, 2.75) is 6.54 Å². The van der Waals surface area contributed by atoms with E-state index in [2.05, 4.69) is 0 Å². The average molecular weight is 380 g/mol. The van der Waals surface area contributed by atoms with Gasteiger partial charge in [-0.3, -0.25) is 4.90 Å². The average Bonchev–Trinajstić information content (AvgIpc) is 2.89. The van der Waals surface area contributed by atoms with Crippen LogP contribution in [0.25, 0.3) is 0 Å². The van der Waals surface area contributed by atoms with Gasteiger partial charge in [0.2, 0.25) is 0 Å². The van der Waals surface area contributed by atoms with Crippen LogP contribution in [-0.2, 0) is 11.3 Å². The number of aliphatic carboxylic acids is 1. The Kier molecular flexibility index (Phi) is 4.99. The van der Waals surface area contributed by atoms with E-state index in [0.29, 0.717) is 35.4 Å². The van der Waals surface area contributed by atoms with E-state index in [-0.39, 0.29) is 17.1 Å². The second-order valence-electron chi connectivity index (χ2n) is 6.03. The van der Waals surface area contributed by atoms with Crippen molar-refractivity contribution < 1.29 is 14.7 Å². The Morgan fingerprint density at radius 1 is 1.12 bits per heavy atom. The van der Waals surface area contributed by atoms with E-state index >= 15 is 0 Å². The minimum absolute atomic E-state index is 0.211. The summed E-state index contributed by atoms with van der Waals surface area (Å²) < 4.78 is -0.211. The Morgan fingerprint density at radius 3 is 2.48 bits per heavy atom. The number of rotatable bonds is 5. The first-order valence-corrected chi connectivity index (χ1v) is 8.56. The summed E-state index contributed by atoms with van der Waals surface area (Å²) in [5.74, 6) is -1.01. The number of para-hydroxylation sites is 1. The predicted molar refractivity (Wildman–Crippen MR) is 97.9 cm³/mol. The summed E-state index contributed by atoms with van der Waals surface area (Å²) in [4.78, 5) is 26.2. The molecule has 130 valence electrons. The molecule has 1 atom stereocenters. The SMILES string of the molecule is O=C(O)C[N+]1(c2ccccc2)CCN(Cc2ccc(Cl)c(Cl)c2)C1=O. The molecule has 0 bridgehead atoms. The summed E-state index contributed by atoms with van der Waals surface area (Å²) in [6.07, 6.45) is 0. The fourth-order valence-electron chi connectivity index (χ4n) is 3.18. The third-order valence-corrected chi connectivity index (χ3v) is 5.14. The monoisotopic (exact) mass is 379 g/mol. The molecule has 1 aliphatic heterocycles. The molecule has 3 rings (SSSR count). The number of benzene rings is 2. The van der Waals surface area contributed by atoms with Crippen molar-refractivity contribution in [2.75, 3.05) is 19.6 Å². The molecule has 2 aromatic carbocycles. The Labute approximate surface area is 155 Å². The van der Waals surface area contributed by atoms with E-state index in [1.807, 2.05) is 24.3 Å². The van der Waals surface area contributed by atoms with E-state index in [1.54, 1.807) is 29.2 Å². The molecule has 25 heavy (non-hydrogen) atoms. The molecule has 1 unspecified atom stereocenters. The van der Waals surface area contributed by atoms with Gasteiger partial charge in [0.1, 0.15) is 12.2 Å². The number of hydrogen-bond acceptors (Lipinski definition) is 2. The molecule has 7 heteroatoms. The van der Waals surface area contributed by atoms with Crippen LogP contribution in [0.4, 0.5) is 10.5 Å². The first kappa shape index (κ1) is 17.7. The zero-order valence-corrected chi connectivity index (χ0v) is 14.9. The van der Waals surface area contributed by atoms with Crippen molar-refractivity contribution >= 4 is 40.9 Å². The zero-order chi connectivity index (χ0) is 18.0. The highest BCUT2D eigenvalue weighted by atomic mass is 35.5. The summed E-state index contributed by atoms with van der Waals surface area (Å²) >= 11 is 12.0. The molecule has 0 radical (unpaired) electrons. The summed E-state index contributed by atoms with van der Waals surface area (Å²) in [5.41, 5.74) is 1.54. The number of carbonyl (C=O) groups is 2. The fourth-order valence-corrected chi connectivity index (χ4v) is 3.50. The minimum Gasteiger partial charge on any atom is -0.477 e. The first-order chi connectivity index (χ1) is 11.9. The number of carbonyl (C=O) groups excluding carboxylic acids is 1. The molecule has 0 spiro atoms. The van der Waals surface area contributed by atoms with Crippen molar-refractivity contribution in [3.63, 3.8) is 0 Å². The van der Waals surface area contributed by atoms with Crippen molar-refractivity contribution in [3.05, 3.63) is 64.1 Å². The lowest BCUT2D eigenvalue weighted by molar-refractivity contribution is -0.137. The molecule has 5 nitrogen and oxygen atoms in total. The molecule has 1 N–H and O–H groups in total. The van der Waals surface area contributed by atoms with Crippen LogP contribution in [0, 0.1) is 0 Å². The molecule has 1 heterocycles. The van der Waals surface area contributed by atoms with Gasteiger partial charge >= 0.3 is 12.0 Å². The highest BCUT2D eigenvalue weighted by Gasteiger charge is 2.49. The van der Waals surface area contributed by atoms with E-state index in [0.717, 1.165) is 5.56 Å². The smallest absolute Gasteiger partial charge is 0.425 e. The van der Waals surface area contributed by atoms with Crippen molar-refractivity contribution in [1.29, 1.82) is 0 Å². The van der Waals surface area contributed by atoms with E-state index in [9.17, 15) is 14.7 Å². The normalized spacial score (nSPS) is 20.1. The lowest BCUT2D eigenvalue weighted by Gasteiger charge is -2.28. The van der Waals surface area contributed by atoms with Gasteiger partial charge in [0.05, 0.1) is 23.1 Å².